The summed E-state index contributed by atoms with van der Waals surface area (Å²) < 4.78 is 5.86. The van der Waals surface area contributed by atoms with Crippen LogP contribution in [0.5, 0.6) is 0 Å². The first kappa shape index (κ1) is 15.5. The van der Waals surface area contributed by atoms with Crippen molar-refractivity contribution in [2.45, 2.75) is 51.2 Å². The van der Waals surface area contributed by atoms with Gasteiger partial charge in [0.05, 0.1) is 16.5 Å². The van der Waals surface area contributed by atoms with Crippen LogP contribution in [0.25, 0.3) is 0 Å². The molecule has 0 bridgehead atoms. The van der Waals surface area contributed by atoms with Gasteiger partial charge in [-0.1, -0.05) is 12.8 Å². The van der Waals surface area contributed by atoms with Gasteiger partial charge in [-0.3, -0.25) is 9.59 Å². The highest BCUT2D eigenvalue weighted by Crippen LogP contribution is 2.54. The largest absolute Gasteiger partial charge is 0.378 e. The smallest absolute Gasteiger partial charge is 0.261 e. The highest BCUT2D eigenvalue weighted by atomic mass is 32.1. The molecular formula is C16H22N2O3S. The molecule has 0 aliphatic heterocycles. The van der Waals surface area contributed by atoms with Crippen LogP contribution >= 0.6 is 11.3 Å². The lowest BCUT2D eigenvalue weighted by atomic mass is 9.60. The molecule has 1 spiro atoms. The Morgan fingerprint density at radius 1 is 1.45 bits per heavy atom. The van der Waals surface area contributed by atoms with Crippen LogP contribution in [0.2, 0.25) is 0 Å². The van der Waals surface area contributed by atoms with Crippen LogP contribution in [0.15, 0.2) is 11.4 Å². The average molecular weight is 322 g/mol. The van der Waals surface area contributed by atoms with E-state index < -0.39 is 5.91 Å². The maximum Gasteiger partial charge on any atom is 0.261 e. The van der Waals surface area contributed by atoms with Gasteiger partial charge in [-0.05, 0) is 32.3 Å². The van der Waals surface area contributed by atoms with Crippen LogP contribution in [0.4, 0.5) is 0 Å². The van der Waals surface area contributed by atoms with Crippen LogP contribution in [-0.2, 0) is 4.74 Å². The van der Waals surface area contributed by atoms with E-state index in [2.05, 4.69) is 5.32 Å². The lowest BCUT2D eigenvalue weighted by Crippen LogP contribution is -2.63. The summed E-state index contributed by atoms with van der Waals surface area (Å²) in [6.45, 7) is 2.74. The average Bonchev–Trinajstić information content (AvgIpc) is 3.16. The normalized spacial score (nSPS) is 25.9. The number of amides is 2. The molecule has 22 heavy (non-hydrogen) atoms. The number of thiophene rings is 1. The van der Waals surface area contributed by atoms with Crippen molar-refractivity contribution in [3.63, 3.8) is 0 Å². The molecule has 2 aliphatic rings. The van der Waals surface area contributed by atoms with Gasteiger partial charge < -0.3 is 15.8 Å². The SMILES string of the molecule is CCO[C@@H]1C[C@H](NC(=O)c2cc(C(N)=O)cs2)C12CCCC2. The first-order chi connectivity index (χ1) is 10.6. The molecule has 2 aliphatic carbocycles. The second-order valence-electron chi connectivity index (χ2n) is 6.21. The van der Waals surface area contributed by atoms with E-state index in [-0.39, 0.29) is 23.5 Å². The van der Waals surface area contributed by atoms with Crippen LogP contribution < -0.4 is 11.1 Å². The standard InChI is InChI=1S/C16H22N2O3S/c1-2-21-13-8-12(16(13)5-3-4-6-16)18-15(20)11-7-10(9-22-11)14(17)19/h7,9,12-13H,2-6,8H2,1H3,(H2,17,19)(H,18,20)/t12-,13+/m0/s1. The van der Waals surface area contributed by atoms with E-state index in [0.29, 0.717) is 10.4 Å². The van der Waals surface area contributed by atoms with Crippen molar-refractivity contribution in [3.8, 4) is 0 Å². The van der Waals surface area contributed by atoms with E-state index in [1.165, 1.54) is 24.2 Å². The third-order valence-corrected chi connectivity index (χ3v) is 6.03. The minimum absolute atomic E-state index is 0.108. The Labute approximate surface area is 134 Å². The second-order valence-corrected chi connectivity index (χ2v) is 7.12. The van der Waals surface area contributed by atoms with Gasteiger partial charge in [0.1, 0.15) is 0 Å². The number of primary amides is 1. The van der Waals surface area contributed by atoms with Crippen LogP contribution in [0.1, 0.15) is 59.1 Å². The molecule has 1 heterocycles. The van der Waals surface area contributed by atoms with Gasteiger partial charge >= 0.3 is 0 Å². The number of carbonyl (C=O) groups excluding carboxylic acids is 2. The monoisotopic (exact) mass is 322 g/mol. The summed E-state index contributed by atoms with van der Waals surface area (Å²) in [5.41, 5.74) is 5.75. The van der Waals surface area contributed by atoms with Gasteiger partial charge in [-0.15, -0.1) is 11.3 Å². The van der Waals surface area contributed by atoms with Crippen molar-refractivity contribution in [3.05, 3.63) is 21.9 Å². The Morgan fingerprint density at radius 2 is 2.18 bits per heavy atom. The number of hydrogen-bond donors (Lipinski definition) is 2. The first-order valence-electron chi connectivity index (χ1n) is 7.87. The minimum atomic E-state index is -0.498. The summed E-state index contributed by atoms with van der Waals surface area (Å²) in [7, 11) is 0. The van der Waals surface area contributed by atoms with Crippen LogP contribution in [0, 0.1) is 5.41 Å². The molecular weight excluding hydrogens is 300 g/mol. The Bertz CT molecular complexity index is 578. The molecule has 2 saturated carbocycles. The fourth-order valence-electron chi connectivity index (χ4n) is 3.90. The first-order valence-corrected chi connectivity index (χ1v) is 8.75. The maximum atomic E-state index is 12.4. The third kappa shape index (κ3) is 2.54. The fourth-order valence-corrected chi connectivity index (χ4v) is 4.70. The summed E-state index contributed by atoms with van der Waals surface area (Å²) >= 11 is 1.26. The number of ether oxygens (including phenoxy) is 1. The number of nitrogens with one attached hydrogen (secondary N) is 1. The molecule has 2 fully saturated rings. The summed E-state index contributed by atoms with van der Waals surface area (Å²) in [6, 6.07) is 1.75. The molecule has 6 heteroatoms. The zero-order valence-electron chi connectivity index (χ0n) is 12.8. The molecule has 0 unspecified atom stereocenters. The molecule has 3 N–H and O–H groups in total. The van der Waals surface area contributed by atoms with Crippen molar-refractivity contribution >= 4 is 23.2 Å². The van der Waals surface area contributed by atoms with E-state index in [1.807, 2.05) is 6.92 Å². The van der Waals surface area contributed by atoms with Crippen LogP contribution in [-0.4, -0.2) is 30.6 Å². The zero-order valence-corrected chi connectivity index (χ0v) is 13.6. The topological polar surface area (TPSA) is 81.4 Å². The Hall–Kier alpha value is -1.40. The van der Waals surface area contributed by atoms with Gasteiger partial charge in [-0.2, -0.15) is 0 Å². The Kier molecular flexibility index (Phi) is 4.23. The number of hydrogen-bond acceptors (Lipinski definition) is 4. The Morgan fingerprint density at radius 3 is 2.77 bits per heavy atom. The summed E-state index contributed by atoms with van der Waals surface area (Å²) in [5, 5.41) is 4.78. The van der Waals surface area contributed by atoms with E-state index in [1.54, 1.807) is 11.4 Å². The van der Waals surface area contributed by atoms with Crippen molar-refractivity contribution in [2.75, 3.05) is 6.61 Å². The van der Waals surface area contributed by atoms with E-state index in [9.17, 15) is 9.59 Å². The molecule has 2 amide bonds. The van der Waals surface area contributed by atoms with Crippen molar-refractivity contribution in [1.29, 1.82) is 0 Å². The van der Waals surface area contributed by atoms with E-state index >= 15 is 0 Å². The molecule has 2 atom stereocenters. The van der Waals surface area contributed by atoms with Crippen molar-refractivity contribution < 1.29 is 14.3 Å². The van der Waals surface area contributed by atoms with E-state index in [0.717, 1.165) is 25.9 Å². The highest BCUT2D eigenvalue weighted by Gasteiger charge is 2.57. The lowest BCUT2D eigenvalue weighted by Gasteiger charge is -2.54. The van der Waals surface area contributed by atoms with E-state index in [4.69, 9.17) is 10.5 Å². The van der Waals surface area contributed by atoms with Gasteiger partial charge in [0.15, 0.2) is 0 Å². The lowest BCUT2D eigenvalue weighted by molar-refractivity contribution is -0.127. The summed E-state index contributed by atoms with van der Waals surface area (Å²) in [6.07, 6.45) is 5.82. The van der Waals surface area contributed by atoms with Crippen LogP contribution in [0.3, 0.4) is 0 Å². The van der Waals surface area contributed by atoms with Gasteiger partial charge in [0.25, 0.3) is 5.91 Å². The summed E-state index contributed by atoms with van der Waals surface area (Å²) in [4.78, 5) is 24.1. The molecule has 1 aromatic rings. The number of rotatable bonds is 5. The molecule has 120 valence electrons. The van der Waals surface area contributed by atoms with Gasteiger partial charge in [-0.25, -0.2) is 0 Å². The molecule has 3 rings (SSSR count). The molecule has 0 saturated heterocycles. The predicted molar refractivity (Wildman–Crippen MR) is 85.0 cm³/mol. The predicted octanol–water partition coefficient (Wildman–Crippen LogP) is 2.31. The molecule has 0 radical (unpaired) electrons. The number of carbonyl (C=O) groups is 2. The van der Waals surface area contributed by atoms with Gasteiger partial charge in [0.2, 0.25) is 5.91 Å². The number of nitrogens with two attached hydrogens (primary N) is 1. The maximum absolute atomic E-state index is 12.4. The quantitative estimate of drug-likeness (QED) is 0.873. The Balaban J connectivity index is 1.67. The highest BCUT2D eigenvalue weighted by molar-refractivity contribution is 7.12. The zero-order chi connectivity index (χ0) is 15.7. The molecule has 1 aromatic heterocycles. The summed E-state index contributed by atoms with van der Waals surface area (Å²) in [5.74, 6) is -0.605. The molecule has 5 nitrogen and oxygen atoms in total. The van der Waals surface area contributed by atoms with Gasteiger partial charge in [0, 0.05) is 23.4 Å². The van der Waals surface area contributed by atoms with Crippen molar-refractivity contribution in [2.24, 2.45) is 11.1 Å². The second kappa shape index (κ2) is 6.01. The third-order valence-electron chi connectivity index (χ3n) is 5.10. The fraction of sp³-hybridized carbons (Fsp3) is 0.625. The minimum Gasteiger partial charge on any atom is -0.378 e. The molecule has 0 aromatic carbocycles. The van der Waals surface area contributed by atoms with Crippen molar-refractivity contribution in [1.82, 2.24) is 5.32 Å².